The van der Waals surface area contributed by atoms with E-state index in [4.69, 9.17) is 47.4 Å². The molecule has 10 unspecified atom stereocenters. The Labute approximate surface area is 366 Å². The Hall–Kier alpha value is -1.98. The maximum atomic E-state index is 12.7. The summed E-state index contributed by atoms with van der Waals surface area (Å²) >= 11 is 0. The third kappa shape index (κ3) is 11.6. The van der Waals surface area contributed by atoms with Crippen molar-refractivity contribution in [3.63, 3.8) is 0 Å². The molecule has 0 radical (unpaired) electrons. The predicted molar refractivity (Wildman–Crippen MR) is 202 cm³/mol. The van der Waals surface area contributed by atoms with E-state index in [-0.39, 0.29) is 6.61 Å². The largest absolute Gasteiger partial charge is 0.394 e. The second kappa shape index (κ2) is 23.4. The van der Waals surface area contributed by atoms with Gasteiger partial charge in [0, 0.05) is 20.5 Å². The molecule has 64 heavy (non-hydrogen) atoms. The van der Waals surface area contributed by atoms with Gasteiger partial charge in [0.05, 0.1) is 32.5 Å². The molecule has 0 aromatic heterocycles. The minimum absolute atomic E-state index is 0.144. The highest BCUT2D eigenvalue weighted by Crippen LogP contribution is 2.36. The molecule has 5 heterocycles. The third-order valence-corrected chi connectivity index (χ3v) is 11.6. The molecule has 0 aromatic rings. The highest BCUT2D eigenvalue weighted by Gasteiger charge is 2.57. The molecule has 5 rings (SSSR count). The first-order valence-corrected chi connectivity index (χ1v) is 20.9. The highest BCUT2D eigenvalue weighted by atomic mass is 16.8. The van der Waals surface area contributed by atoms with Crippen LogP contribution in [0.5, 0.6) is 0 Å². The van der Waals surface area contributed by atoms with Gasteiger partial charge in [0.25, 0.3) is 0 Å². The van der Waals surface area contributed by atoms with Crippen LogP contribution in [-0.4, -0.2) is 265 Å². The van der Waals surface area contributed by atoms with E-state index >= 15 is 0 Å². The van der Waals surface area contributed by atoms with Crippen LogP contribution in [0, 0.1) is 0 Å². The number of amides is 2. The molecule has 0 saturated carbocycles. The third-order valence-electron chi connectivity index (χ3n) is 11.6. The van der Waals surface area contributed by atoms with Crippen molar-refractivity contribution in [1.82, 2.24) is 10.6 Å². The normalized spacial score (nSPS) is 47.8. The highest BCUT2D eigenvalue weighted by molar-refractivity contribution is 5.73. The molecule has 27 heteroatoms. The SMILES string of the molecule is CCCO[C@@H]1OC(CO)[C@@H](O[C@@H]2OC(CO)[C@H](O)[C@H](O[C@@H]3OC(CO)[C@@H](O)[C@H](O[C@@H]4OC(CO)[C@H](O)[C@H](O)C4O[C@@H]4OC(C)[C@@H](O)[C@H](O)C4O)C3NC(C)=O)C2O)[C@H](O)C1NC(C)=O. The Bertz CT molecular complexity index is 1480. The molecule has 5 aliphatic heterocycles. The lowest BCUT2D eigenvalue weighted by molar-refractivity contribution is -0.389. The molecule has 0 aliphatic carbocycles. The van der Waals surface area contributed by atoms with Crippen LogP contribution in [0.2, 0.25) is 0 Å². The maximum Gasteiger partial charge on any atom is 0.217 e. The first-order chi connectivity index (χ1) is 30.3. The van der Waals surface area contributed by atoms with Crippen molar-refractivity contribution in [3.8, 4) is 0 Å². The Morgan fingerprint density at radius 1 is 0.453 bits per heavy atom. The summed E-state index contributed by atoms with van der Waals surface area (Å²) in [5, 5.41) is 145. The van der Waals surface area contributed by atoms with Crippen molar-refractivity contribution in [2.75, 3.05) is 33.0 Å². The quantitative estimate of drug-likeness (QED) is 0.0644. The summed E-state index contributed by atoms with van der Waals surface area (Å²) in [5.74, 6) is -1.41. The number of aliphatic hydroxyl groups is 13. The molecule has 372 valence electrons. The Balaban J connectivity index is 1.44. The van der Waals surface area contributed by atoms with Crippen molar-refractivity contribution in [1.29, 1.82) is 0 Å². The second-order valence-electron chi connectivity index (χ2n) is 16.3. The summed E-state index contributed by atoms with van der Waals surface area (Å²) in [7, 11) is 0. The molecular weight excluding hydrogens is 872 g/mol. The second-order valence-corrected chi connectivity index (χ2v) is 16.3. The van der Waals surface area contributed by atoms with Crippen LogP contribution in [0.25, 0.3) is 0 Å². The first kappa shape index (κ1) is 53.0. The number of nitrogens with one attached hydrogen (secondary N) is 2. The zero-order valence-corrected chi connectivity index (χ0v) is 35.4. The van der Waals surface area contributed by atoms with E-state index < -0.39 is 192 Å². The molecule has 5 fully saturated rings. The minimum Gasteiger partial charge on any atom is -0.394 e. The molecule has 25 atom stereocenters. The van der Waals surface area contributed by atoms with E-state index in [1.165, 1.54) is 13.8 Å². The van der Waals surface area contributed by atoms with E-state index in [9.17, 15) is 76.0 Å². The van der Waals surface area contributed by atoms with E-state index in [1.807, 2.05) is 0 Å². The Morgan fingerprint density at radius 2 is 0.922 bits per heavy atom. The van der Waals surface area contributed by atoms with Gasteiger partial charge in [-0.2, -0.15) is 0 Å². The fourth-order valence-electron chi connectivity index (χ4n) is 8.12. The summed E-state index contributed by atoms with van der Waals surface area (Å²) in [4.78, 5) is 24.8. The van der Waals surface area contributed by atoms with E-state index in [2.05, 4.69) is 10.6 Å². The topological polar surface area (TPSA) is 413 Å². The Morgan fingerprint density at radius 3 is 1.50 bits per heavy atom. The van der Waals surface area contributed by atoms with E-state index in [0.29, 0.717) is 6.42 Å². The zero-order chi connectivity index (χ0) is 47.3. The van der Waals surface area contributed by atoms with Crippen molar-refractivity contribution < 1.29 is 123 Å². The van der Waals surface area contributed by atoms with Crippen LogP contribution in [0.1, 0.15) is 34.1 Å². The molecule has 5 aliphatic rings. The number of aliphatic hydroxyl groups excluding tert-OH is 13. The van der Waals surface area contributed by atoms with Crippen molar-refractivity contribution in [3.05, 3.63) is 0 Å². The first-order valence-electron chi connectivity index (χ1n) is 20.9. The van der Waals surface area contributed by atoms with Gasteiger partial charge >= 0.3 is 0 Å². The summed E-state index contributed by atoms with van der Waals surface area (Å²) in [5.41, 5.74) is 0. The lowest BCUT2D eigenvalue weighted by Gasteiger charge is -2.51. The number of hydrogen-bond donors (Lipinski definition) is 15. The van der Waals surface area contributed by atoms with Crippen LogP contribution >= 0.6 is 0 Å². The molecule has 27 nitrogen and oxygen atoms in total. The maximum absolute atomic E-state index is 12.7. The van der Waals surface area contributed by atoms with Gasteiger partial charge in [-0.1, -0.05) is 6.92 Å². The number of carbonyl (C=O) groups excluding carboxylic acids is 2. The summed E-state index contributed by atoms with van der Waals surface area (Å²) in [6, 6.07) is -2.99. The van der Waals surface area contributed by atoms with Gasteiger partial charge in [-0.15, -0.1) is 0 Å². The van der Waals surface area contributed by atoms with Crippen LogP contribution in [-0.2, 0) is 57.0 Å². The fraction of sp³-hybridized carbons (Fsp3) is 0.946. The van der Waals surface area contributed by atoms with E-state index in [0.717, 1.165) is 6.92 Å². The molecule has 5 saturated heterocycles. The molecule has 2 amide bonds. The lowest BCUT2D eigenvalue weighted by Crippen LogP contribution is -2.70. The monoisotopic (exact) mass is 936 g/mol. The molecule has 0 aromatic carbocycles. The summed E-state index contributed by atoms with van der Waals surface area (Å²) in [6.45, 7) is 1.90. The molecule has 15 N–H and O–H groups in total. The van der Waals surface area contributed by atoms with Crippen LogP contribution in [0.3, 0.4) is 0 Å². The smallest absolute Gasteiger partial charge is 0.217 e. The Kier molecular flexibility index (Phi) is 19.3. The number of hydrogen-bond acceptors (Lipinski definition) is 25. The standard InChI is InChI=1S/C37H64N2O25/c1-5-6-55-33-18(38-12(3)44)24(50)29(17(10-43)60-33)61-36-28(54)31(23(49)16(9-42)58-36)63-34-19(39-13(4)45)30(22(48)15(8-41)57-34)62-37-32(26(52)21(47)14(7-40)59-37)64-35-27(53)25(51)20(46)11(2)56-35/h11,14-37,40-43,46-54H,5-10H2,1-4H3,(H,38,44)(H,39,45)/t11?,14?,15?,16?,17?,18?,19?,20-,21+,22-,23+,24-,25+,26+,27?,28?,29-,30-,31+,32?,33-,34+,35+,36+,37+/m1/s1. The van der Waals surface area contributed by atoms with Crippen molar-refractivity contribution in [2.24, 2.45) is 0 Å². The molecule has 0 spiro atoms. The lowest BCUT2D eigenvalue weighted by atomic mass is 9.94. The average Bonchev–Trinajstić information content (AvgIpc) is 3.26. The van der Waals surface area contributed by atoms with Gasteiger partial charge in [0.15, 0.2) is 31.5 Å². The van der Waals surface area contributed by atoms with Gasteiger partial charge < -0.3 is 124 Å². The van der Waals surface area contributed by atoms with Crippen LogP contribution in [0.15, 0.2) is 0 Å². The van der Waals surface area contributed by atoms with Crippen molar-refractivity contribution >= 4 is 11.8 Å². The zero-order valence-electron chi connectivity index (χ0n) is 35.4. The summed E-state index contributed by atoms with van der Waals surface area (Å²) < 4.78 is 58.1. The number of ether oxygens (including phenoxy) is 10. The molecule has 0 bridgehead atoms. The van der Waals surface area contributed by atoms with Gasteiger partial charge in [-0.05, 0) is 13.3 Å². The van der Waals surface area contributed by atoms with Crippen LogP contribution in [0.4, 0.5) is 0 Å². The minimum atomic E-state index is -2.09. The predicted octanol–water partition coefficient (Wildman–Crippen LogP) is -9.18. The average molecular weight is 937 g/mol. The number of carbonyl (C=O) groups is 2. The summed E-state index contributed by atoms with van der Waals surface area (Å²) in [6.07, 6.45) is -39.7. The van der Waals surface area contributed by atoms with E-state index in [1.54, 1.807) is 6.92 Å². The van der Waals surface area contributed by atoms with Gasteiger partial charge in [-0.25, -0.2) is 0 Å². The van der Waals surface area contributed by atoms with Gasteiger partial charge in [0.2, 0.25) is 11.8 Å². The molecular formula is C37H64N2O25. The fourth-order valence-corrected chi connectivity index (χ4v) is 8.12. The number of rotatable bonds is 17. The van der Waals surface area contributed by atoms with Gasteiger partial charge in [-0.3, -0.25) is 9.59 Å². The van der Waals surface area contributed by atoms with Crippen LogP contribution < -0.4 is 10.6 Å². The van der Waals surface area contributed by atoms with Crippen molar-refractivity contribution in [2.45, 2.75) is 188 Å². The van der Waals surface area contributed by atoms with Gasteiger partial charge in [0.1, 0.15) is 116 Å².